The Morgan fingerprint density at radius 1 is 1.03 bits per heavy atom. The molecule has 1 amide bonds. The summed E-state index contributed by atoms with van der Waals surface area (Å²) in [7, 11) is 1.59. The third kappa shape index (κ3) is 4.09. The molecule has 2 heterocycles. The zero-order chi connectivity index (χ0) is 22.8. The maximum Gasteiger partial charge on any atom is 0.336 e. The second-order valence-corrected chi connectivity index (χ2v) is 8.45. The van der Waals surface area contributed by atoms with E-state index in [-0.39, 0.29) is 18.0 Å². The van der Waals surface area contributed by atoms with Crippen molar-refractivity contribution < 1.29 is 9.53 Å². The Bertz CT molecular complexity index is 1410. The van der Waals surface area contributed by atoms with E-state index in [9.17, 15) is 14.4 Å². The minimum absolute atomic E-state index is 0.187. The van der Waals surface area contributed by atoms with E-state index in [0.717, 1.165) is 27.0 Å². The number of fused-ring (bicyclic) bond motifs is 1. The van der Waals surface area contributed by atoms with Gasteiger partial charge in [-0.2, -0.15) is 0 Å². The van der Waals surface area contributed by atoms with E-state index >= 15 is 0 Å². The van der Waals surface area contributed by atoms with E-state index in [4.69, 9.17) is 4.74 Å². The van der Waals surface area contributed by atoms with Gasteiger partial charge in [-0.3, -0.25) is 14.2 Å². The molecule has 0 saturated carbocycles. The summed E-state index contributed by atoms with van der Waals surface area (Å²) in [5.74, 6) is 0.417. The average molecular weight is 450 g/mol. The van der Waals surface area contributed by atoms with Crippen LogP contribution in [0.1, 0.15) is 16.7 Å². The summed E-state index contributed by atoms with van der Waals surface area (Å²) >= 11 is 1.26. The number of methoxy groups -OCH3 is 1. The zero-order valence-corrected chi connectivity index (χ0v) is 18.9. The molecule has 0 radical (unpaired) electrons. The van der Waals surface area contributed by atoms with Gasteiger partial charge in [-0.05, 0) is 66.2 Å². The van der Waals surface area contributed by atoms with Crippen LogP contribution in [0.15, 0.2) is 63.5 Å². The lowest BCUT2D eigenvalue weighted by Crippen LogP contribution is -2.41. The molecule has 0 aliphatic rings. The maximum absolute atomic E-state index is 13.3. The molecule has 2 aromatic heterocycles. The minimum Gasteiger partial charge on any atom is -0.497 e. The van der Waals surface area contributed by atoms with Gasteiger partial charge in [0.15, 0.2) is 0 Å². The summed E-state index contributed by atoms with van der Waals surface area (Å²) in [6.07, 6.45) is 0. The summed E-state index contributed by atoms with van der Waals surface area (Å²) in [5.41, 5.74) is 2.99. The monoisotopic (exact) mass is 449 g/mol. The van der Waals surface area contributed by atoms with Crippen molar-refractivity contribution in [3.05, 3.63) is 91.4 Å². The number of ether oxygens (including phenoxy) is 1. The zero-order valence-electron chi connectivity index (χ0n) is 18.0. The lowest BCUT2D eigenvalue weighted by Gasteiger charge is -2.13. The molecule has 0 bridgehead atoms. The van der Waals surface area contributed by atoms with Crippen molar-refractivity contribution in [1.29, 1.82) is 0 Å². The summed E-state index contributed by atoms with van der Waals surface area (Å²) < 4.78 is 8.07. The second kappa shape index (κ2) is 8.84. The first-order valence-electron chi connectivity index (χ1n) is 10.1. The Hall–Kier alpha value is -3.65. The van der Waals surface area contributed by atoms with E-state index in [1.54, 1.807) is 24.6 Å². The molecule has 32 heavy (non-hydrogen) atoms. The highest BCUT2D eigenvalue weighted by molar-refractivity contribution is 7.17. The number of hydrogen-bond acceptors (Lipinski definition) is 5. The maximum atomic E-state index is 13.3. The second-order valence-electron chi connectivity index (χ2n) is 7.54. The Morgan fingerprint density at radius 2 is 1.78 bits per heavy atom. The number of carbonyl (C=O) groups excluding carboxylic acids is 1. The third-order valence-corrected chi connectivity index (χ3v) is 6.35. The summed E-state index contributed by atoms with van der Waals surface area (Å²) in [4.78, 5) is 39.1. The smallest absolute Gasteiger partial charge is 0.336 e. The van der Waals surface area contributed by atoms with Gasteiger partial charge >= 0.3 is 5.69 Å². The van der Waals surface area contributed by atoms with E-state index in [2.05, 4.69) is 5.32 Å². The van der Waals surface area contributed by atoms with Crippen molar-refractivity contribution in [2.45, 2.75) is 26.9 Å². The molecular weight excluding hydrogens is 426 g/mol. The Morgan fingerprint density at radius 3 is 2.47 bits per heavy atom. The highest BCUT2D eigenvalue weighted by atomic mass is 32.1. The van der Waals surface area contributed by atoms with Crippen molar-refractivity contribution in [3.8, 4) is 11.4 Å². The molecule has 164 valence electrons. The first kappa shape index (κ1) is 21.6. The van der Waals surface area contributed by atoms with Gasteiger partial charge < -0.3 is 10.1 Å². The summed E-state index contributed by atoms with van der Waals surface area (Å²) in [5, 5.41) is 4.59. The molecule has 4 aromatic rings. The van der Waals surface area contributed by atoms with E-state index in [1.807, 2.05) is 50.2 Å². The van der Waals surface area contributed by atoms with Crippen LogP contribution in [0.5, 0.6) is 5.75 Å². The molecule has 0 saturated heterocycles. The van der Waals surface area contributed by atoms with Gasteiger partial charge in [0.05, 0.1) is 18.3 Å². The number of hydrogen-bond donors (Lipinski definition) is 1. The quantitative estimate of drug-likeness (QED) is 0.490. The molecule has 0 atom stereocenters. The molecule has 0 unspecified atom stereocenters. The highest BCUT2D eigenvalue weighted by Crippen LogP contribution is 2.18. The van der Waals surface area contributed by atoms with Crippen molar-refractivity contribution in [2.75, 3.05) is 7.11 Å². The number of nitrogens with zero attached hydrogens (tertiary/aromatic N) is 2. The van der Waals surface area contributed by atoms with Gasteiger partial charge in [-0.1, -0.05) is 18.2 Å². The standard InChI is InChI=1S/C24H23N3O4S/c1-15-4-7-18(12-16(15)2)27-23(29)22-20(10-11-32-22)26(24(27)30)14-21(28)25-13-17-5-8-19(31-3)9-6-17/h4-12H,13-14H2,1-3H3,(H,25,28). The molecule has 2 aromatic carbocycles. The van der Waals surface area contributed by atoms with Gasteiger partial charge in [0.1, 0.15) is 17.0 Å². The van der Waals surface area contributed by atoms with Crippen molar-refractivity contribution in [3.63, 3.8) is 0 Å². The largest absolute Gasteiger partial charge is 0.497 e. The van der Waals surface area contributed by atoms with Gasteiger partial charge in [0.25, 0.3) is 5.56 Å². The lowest BCUT2D eigenvalue weighted by atomic mass is 10.1. The van der Waals surface area contributed by atoms with E-state index < -0.39 is 5.69 Å². The first-order chi connectivity index (χ1) is 15.4. The van der Waals surface area contributed by atoms with Crippen LogP contribution >= 0.6 is 11.3 Å². The third-order valence-electron chi connectivity index (χ3n) is 5.45. The number of aryl methyl sites for hydroxylation is 2. The average Bonchev–Trinajstić information content (AvgIpc) is 3.28. The Balaban J connectivity index is 1.66. The Labute approximate surface area is 188 Å². The normalized spacial score (nSPS) is 11.0. The summed E-state index contributed by atoms with van der Waals surface area (Å²) in [6.45, 7) is 4.03. The molecule has 0 fully saturated rings. The molecule has 7 nitrogen and oxygen atoms in total. The molecule has 1 N–H and O–H groups in total. The molecular formula is C24H23N3O4S. The number of rotatable bonds is 6. The fraction of sp³-hybridized carbons (Fsp3) is 0.208. The topological polar surface area (TPSA) is 82.3 Å². The van der Waals surface area contributed by atoms with Crippen LogP contribution in [-0.2, 0) is 17.9 Å². The number of aromatic nitrogens is 2. The van der Waals surface area contributed by atoms with Gasteiger partial charge in [-0.15, -0.1) is 11.3 Å². The van der Waals surface area contributed by atoms with Crippen molar-refractivity contribution >= 4 is 27.5 Å². The van der Waals surface area contributed by atoms with Crippen molar-refractivity contribution in [1.82, 2.24) is 14.5 Å². The van der Waals surface area contributed by atoms with Crippen LogP contribution in [0.2, 0.25) is 0 Å². The number of carbonyl (C=O) groups is 1. The minimum atomic E-state index is -0.538. The van der Waals surface area contributed by atoms with Crippen LogP contribution < -0.4 is 21.3 Å². The first-order valence-corrected chi connectivity index (χ1v) is 11.0. The Kier molecular flexibility index (Phi) is 5.96. The molecule has 0 spiro atoms. The molecule has 8 heteroatoms. The molecule has 0 aliphatic heterocycles. The van der Waals surface area contributed by atoms with Crippen LogP contribution in [0.3, 0.4) is 0 Å². The number of amides is 1. The van der Waals surface area contributed by atoms with E-state index in [1.165, 1.54) is 15.9 Å². The highest BCUT2D eigenvalue weighted by Gasteiger charge is 2.17. The molecule has 0 aliphatic carbocycles. The van der Waals surface area contributed by atoms with Gasteiger partial charge in [0, 0.05) is 6.54 Å². The van der Waals surface area contributed by atoms with Gasteiger partial charge in [0.2, 0.25) is 5.91 Å². The number of thiophene rings is 1. The predicted octanol–water partition coefficient (Wildman–Crippen LogP) is 3.16. The lowest BCUT2D eigenvalue weighted by molar-refractivity contribution is -0.121. The summed E-state index contributed by atoms with van der Waals surface area (Å²) in [6, 6.07) is 14.5. The van der Waals surface area contributed by atoms with Crippen LogP contribution in [0.4, 0.5) is 0 Å². The van der Waals surface area contributed by atoms with Crippen molar-refractivity contribution in [2.24, 2.45) is 0 Å². The molecule has 4 rings (SSSR count). The predicted molar refractivity (Wildman–Crippen MR) is 126 cm³/mol. The number of nitrogens with one attached hydrogen (secondary N) is 1. The van der Waals surface area contributed by atoms with Crippen LogP contribution in [-0.4, -0.2) is 22.2 Å². The fourth-order valence-corrected chi connectivity index (χ4v) is 4.30. The SMILES string of the molecule is COc1ccc(CNC(=O)Cn2c(=O)n(-c3ccc(C)c(C)c3)c(=O)c3sccc32)cc1. The van der Waals surface area contributed by atoms with Gasteiger partial charge in [-0.25, -0.2) is 9.36 Å². The van der Waals surface area contributed by atoms with E-state index in [0.29, 0.717) is 22.4 Å². The number of benzene rings is 2. The van der Waals surface area contributed by atoms with Crippen LogP contribution in [0.25, 0.3) is 15.9 Å². The van der Waals surface area contributed by atoms with Crippen LogP contribution in [0, 0.1) is 13.8 Å². The fourth-order valence-electron chi connectivity index (χ4n) is 3.48.